The first-order valence-corrected chi connectivity index (χ1v) is 11.6. The van der Waals surface area contributed by atoms with Crippen LogP contribution in [0.2, 0.25) is 5.02 Å². The summed E-state index contributed by atoms with van der Waals surface area (Å²) in [4.78, 5) is 29.3. The summed E-state index contributed by atoms with van der Waals surface area (Å²) in [5.41, 5.74) is 0.546. The molecule has 1 aliphatic heterocycles. The van der Waals surface area contributed by atoms with Crippen LogP contribution in [0.1, 0.15) is 47.8 Å². The number of hydrogen-bond acceptors (Lipinski definition) is 3. The van der Waals surface area contributed by atoms with Crippen molar-refractivity contribution in [2.24, 2.45) is 0 Å². The Labute approximate surface area is 212 Å². The molecule has 1 heterocycles. The number of carbonyl (C=O) groups is 2. The lowest BCUT2D eigenvalue weighted by molar-refractivity contribution is -0.137. The lowest BCUT2D eigenvalue weighted by Crippen LogP contribution is -2.47. The van der Waals surface area contributed by atoms with Crippen LogP contribution >= 0.6 is 11.6 Å². The number of benzene rings is 3. The van der Waals surface area contributed by atoms with Gasteiger partial charge in [0.05, 0.1) is 18.7 Å². The second-order valence-corrected chi connectivity index (χ2v) is 9.08. The Balaban J connectivity index is 1.87. The van der Waals surface area contributed by atoms with Crippen molar-refractivity contribution in [1.82, 2.24) is 0 Å². The highest BCUT2D eigenvalue weighted by atomic mass is 35.5. The first-order valence-electron chi connectivity index (χ1n) is 11.3. The van der Waals surface area contributed by atoms with Crippen molar-refractivity contribution in [3.8, 4) is 5.75 Å². The van der Waals surface area contributed by atoms with Gasteiger partial charge in [-0.25, -0.2) is 0 Å². The summed E-state index contributed by atoms with van der Waals surface area (Å²) in [6.07, 6.45) is -4.36. The minimum Gasteiger partial charge on any atom is -0.497 e. The Kier molecular flexibility index (Phi) is 7.00. The number of ether oxygens (including phenoxy) is 1. The Morgan fingerprint density at radius 1 is 1.06 bits per heavy atom. The van der Waals surface area contributed by atoms with Crippen LogP contribution in [0.3, 0.4) is 0 Å². The summed E-state index contributed by atoms with van der Waals surface area (Å²) in [5.74, 6) is -0.228. The molecule has 0 saturated carbocycles. The van der Waals surface area contributed by atoms with E-state index in [1.165, 1.54) is 29.9 Å². The number of methoxy groups -OCH3 is 1. The van der Waals surface area contributed by atoms with Crippen LogP contribution in [0.4, 0.5) is 24.5 Å². The highest BCUT2D eigenvalue weighted by molar-refractivity contribution is 6.30. The van der Waals surface area contributed by atoms with Crippen LogP contribution in [0.15, 0.2) is 66.7 Å². The van der Waals surface area contributed by atoms with Gasteiger partial charge < -0.3 is 14.5 Å². The summed E-state index contributed by atoms with van der Waals surface area (Å²) in [6.45, 7) is 3.17. The molecule has 2 amide bonds. The molecule has 3 aromatic rings. The van der Waals surface area contributed by atoms with E-state index in [-0.39, 0.29) is 23.8 Å². The molecule has 0 fully saturated rings. The molecule has 0 bridgehead atoms. The van der Waals surface area contributed by atoms with Gasteiger partial charge in [0.1, 0.15) is 5.75 Å². The second-order valence-electron chi connectivity index (χ2n) is 8.64. The number of halogens is 4. The zero-order valence-electron chi connectivity index (χ0n) is 19.8. The SMILES string of the molecule is COc1cccc(C(=O)N2c3ccc(C(F)(F)F)cc3[C@@H](N(C(C)=O)c3ccc(Cl)cc3)C[C@H]2C)c1. The van der Waals surface area contributed by atoms with Gasteiger partial charge in [-0.05, 0) is 79.6 Å². The highest BCUT2D eigenvalue weighted by Crippen LogP contribution is 2.45. The lowest BCUT2D eigenvalue weighted by Gasteiger charge is -2.43. The number of fused-ring (bicyclic) bond motifs is 1. The molecule has 3 aromatic carbocycles. The third-order valence-corrected chi connectivity index (χ3v) is 6.52. The molecule has 0 aliphatic carbocycles. The molecule has 9 heteroatoms. The Morgan fingerprint density at radius 3 is 2.36 bits per heavy atom. The molecule has 5 nitrogen and oxygen atoms in total. The van der Waals surface area contributed by atoms with E-state index >= 15 is 0 Å². The summed E-state index contributed by atoms with van der Waals surface area (Å²) >= 11 is 6.01. The highest BCUT2D eigenvalue weighted by Gasteiger charge is 2.40. The van der Waals surface area contributed by atoms with Gasteiger partial charge in [-0.2, -0.15) is 13.2 Å². The number of anilines is 2. The van der Waals surface area contributed by atoms with Crippen molar-refractivity contribution in [2.45, 2.75) is 38.5 Å². The van der Waals surface area contributed by atoms with Crippen molar-refractivity contribution < 1.29 is 27.5 Å². The number of nitrogens with zero attached hydrogens (tertiary/aromatic N) is 2. The fourth-order valence-corrected chi connectivity index (χ4v) is 4.77. The summed E-state index contributed by atoms with van der Waals surface area (Å²) in [6, 6.07) is 15.3. The number of amides is 2. The predicted molar refractivity (Wildman–Crippen MR) is 133 cm³/mol. The van der Waals surface area contributed by atoms with E-state index in [1.54, 1.807) is 48.5 Å². The van der Waals surface area contributed by atoms with Gasteiger partial charge in [-0.3, -0.25) is 9.59 Å². The van der Waals surface area contributed by atoms with Crippen molar-refractivity contribution in [2.75, 3.05) is 16.9 Å². The Hall–Kier alpha value is -3.52. The molecule has 0 N–H and O–H groups in total. The quantitative estimate of drug-likeness (QED) is 0.379. The van der Waals surface area contributed by atoms with Gasteiger partial charge in [-0.1, -0.05) is 17.7 Å². The van der Waals surface area contributed by atoms with Gasteiger partial charge in [0, 0.05) is 34.9 Å². The molecule has 0 aromatic heterocycles. The number of rotatable bonds is 4. The fourth-order valence-electron chi connectivity index (χ4n) is 4.64. The molecule has 0 radical (unpaired) electrons. The molecule has 36 heavy (non-hydrogen) atoms. The van der Waals surface area contributed by atoms with Gasteiger partial charge >= 0.3 is 6.18 Å². The molecular formula is C27H24ClF3N2O3. The van der Waals surface area contributed by atoms with Crippen LogP contribution in [-0.2, 0) is 11.0 Å². The van der Waals surface area contributed by atoms with Crippen molar-refractivity contribution in [1.29, 1.82) is 0 Å². The molecule has 1 aliphatic rings. The molecule has 188 valence electrons. The number of carbonyl (C=O) groups excluding carboxylic acids is 2. The van der Waals surface area contributed by atoms with Crippen LogP contribution in [0.25, 0.3) is 0 Å². The average Bonchev–Trinajstić information content (AvgIpc) is 2.84. The summed E-state index contributed by atoms with van der Waals surface area (Å²) < 4.78 is 46.3. The van der Waals surface area contributed by atoms with Crippen LogP contribution in [0, 0.1) is 0 Å². The van der Waals surface area contributed by atoms with E-state index in [9.17, 15) is 22.8 Å². The standard InChI is InChI=1S/C27H24ClF3N2O3/c1-16-13-25(33(17(2)34)21-10-8-20(28)9-11-21)23-15-19(27(29,30)31)7-12-24(23)32(16)26(35)18-5-4-6-22(14-18)36-3/h4-12,14-16,25H,13H2,1-3H3/t16-,25+/m1/s1. The number of alkyl halides is 3. The van der Waals surface area contributed by atoms with Crippen molar-refractivity contribution >= 4 is 34.8 Å². The topological polar surface area (TPSA) is 49.9 Å². The third-order valence-electron chi connectivity index (χ3n) is 6.27. The average molecular weight is 517 g/mol. The minimum atomic E-state index is -4.59. The number of hydrogen-bond donors (Lipinski definition) is 0. The van der Waals surface area contributed by atoms with Crippen LogP contribution < -0.4 is 14.5 Å². The van der Waals surface area contributed by atoms with Gasteiger partial charge in [0.15, 0.2) is 0 Å². The molecule has 2 atom stereocenters. The molecular weight excluding hydrogens is 493 g/mol. The van der Waals surface area contributed by atoms with Crippen molar-refractivity contribution in [3.63, 3.8) is 0 Å². The van der Waals surface area contributed by atoms with Crippen molar-refractivity contribution in [3.05, 3.63) is 88.4 Å². The fraction of sp³-hybridized carbons (Fsp3) is 0.259. The zero-order chi connectivity index (χ0) is 26.2. The van der Waals surface area contributed by atoms with Gasteiger partial charge in [0.2, 0.25) is 5.91 Å². The van der Waals surface area contributed by atoms with E-state index in [1.807, 2.05) is 6.92 Å². The predicted octanol–water partition coefficient (Wildman–Crippen LogP) is 6.90. The third kappa shape index (κ3) is 4.91. The first kappa shape index (κ1) is 25.6. The molecule has 0 spiro atoms. The zero-order valence-corrected chi connectivity index (χ0v) is 20.6. The van der Waals surface area contributed by atoms with Crippen LogP contribution in [-0.4, -0.2) is 25.0 Å². The first-order chi connectivity index (χ1) is 17.0. The molecule has 4 rings (SSSR count). The smallest absolute Gasteiger partial charge is 0.416 e. The maximum Gasteiger partial charge on any atom is 0.416 e. The molecule has 0 unspecified atom stereocenters. The van der Waals surface area contributed by atoms with E-state index in [0.29, 0.717) is 27.7 Å². The molecule has 0 saturated heterocycles. The van der Waals surface area contributed by atoms with Gasteiger partial charge in [0.25, 0.3) is 5.91 Å². The Morgan fingerprint density at radius 2 is 1.75 bits per heavy atom. The Bertz CT molecular complexity index is 1290. The largest absolute Gasteiger partial charge is 0.497 e. The van der Waals surface area contributed by atoms with Gasteiger partial charge in [-0.15, -0.1) is 0 Å². The van der Waals surface area contributed by atoms with E-state index in [0.717, 1.165) is 12.1 Å². The van der Waals surface area contributed by atoms with Crippen LogP contribution in [0.5, 0.6) is 5.75 Å². The maximum absolute atomic E-state index is 13.7. The minimum absolute atomic E-state index is 0.228. The summed E-state index contributed by atoms with van der Waals surface area (Å²) in [5, 5.41) is 0.467. The normalized spacial score (nSPS) is 17.4. The second kappa shape index (κ2) is 9.85. The summed E-state index contributed by atoms with van der Waals surface area (Å²) in [7, 11) is 1.48. The van der Waals surface area contributed by atoms with E-state index < -0.39 is 23.8 Å². The lowest BCUT2D eigenvalue weighted by atomic mass is 9.88. The van der Waals surface area contributed by atoms with E-state index in [2.05, 4.69) is 0 Å². The maximum atomic E-state index is 13.7. The van der Waals surface area contributed by atoms with E-state index in [4.69, 9.17) is 16.3 Å². The monoisotopic (exact) mass is 516 g/mol.